The van der Waals surface area contributed by atoms with Crippen molar-refractivity contribution in [3.8, 4) is 0 Å². The van der Waals surface area contributed by atoms with E-state index in [4.69, 9.17) is 27.9 Å². The topological polar surface area (TPSA) is 163 Å². The largest absolute Gasteiger partial charge is 0.444 e. The summed E-state index contributed by atoms with van der Waals surface area (Å²) in [6.07, 6.45) is 5.49. The smallest absolute Gasteiger partial charge is 0.408 e. The number of alkyl carbamates (subject to hydrolysis) is 1. The Bertz CT molecular complexity index is 1220. The van der Waals surface area contributed by atoms with Crippen molar-refractivity contribution in [3.63, 3.8) is 0 Å². The Balaban J connectivity index is 1.77. The van der Waals surface area contributed by atoms with Crippen LogP contribution in [0.4, 0.5) is 4.79 Å². The van der Waals surface area contributed by atoms with Crippen LogP contribution in [0.5, 0.6) is 0 Å². The third kappa shape index (κ3) is 10.6. The lowest BCUT2D eigenvalue weighted by Gasteiger charge is -2.36. The maximum absolute atomic E-state index is 14.2. The highest BCUT2D eigenvalue weighted by Crippen LogP contribution is 2.65. The quantitative estimate of drug-likeness (QED) is 0.130. The molecule has 0 aromatic carbocycles. The fraction of sp³-hybridized carbons (Fsp3) is 0.758. The first-order chi connectivity index (χ1) is 21.8. The molecule has 4 N–H and O–H groups in total. The van der Waals surface area contributed by atoms with Gasteiger partial charge in [0.1, 0.15) is 22.0 Å². The number of hydrogen-bond acceptors (Lipinski definition) is 7. The van der Waals surface area contributed by atoms with E-state index < -0.39 is 69.1 Å². The van der Waals surface area contributed by atoms with E-state index in [-0.39, 0.29) is 43.7 Å². The van der Waals surface area contributed by atoms with Gasteiger partial charge in [0, 0.05) is 36.9 Å². The molecule has 2 aliphatic carbocycles. The average Bonchev–Trinajstić information content (AvgIpc) is 3.26. The molecule has 14 heteroatoms. The van der Waals surface area contributed by atoms with E-state index in [0.29, 0.717) is 6.42 Å². The summed E-state index contributed by atoms with van der Waals surface area (Å²) in [6.45, 7) is 14.4. The van der Waals surface area contributed by atoms with Crippen molar-refractivity contribution in [3.05, 3.63) is 12.7 Å². The van der Waals surface area contributed by atoms with E-state index in [0.717, 1.165) is 32.1 Å². The number of likely N-dealkylation sites (tertiary alicyclic amines) is 1. The molecule has 5 amide bonds. The number of ether oxygens (including phenoxy) is 1. The molecular weight excluding hydrogens is 649 g/mol. The molecule has 0 aromatic rings. The zero-order chi connectivity index (χ0) is 35.3. The highest BCUT2D eigenvalue weighted by Gasteiger charge is 2.74. The number of ketones is 1. The number of alkyl halides is 2. The van der Waals surface area contributed by atoms with Crippen molar-refractivity contribution in [2.45, 2.75) is 127 Å². The lowest BCUT2D eigenvalue weighted by atomic mass is 9.83. The van der Waals surface area contributed by atoms with Gasteiger partial charge in [-0.2, -0.15) is 0 Å². The van der Waals surface area contributed by atoms with Crippen LogP contribution >= 0.6 is 23.2 Å². The number of nitrogens with one attached hydrogen (secondary N) is 4. The number of nitrogens with zero attached hydrogens (tertiary/aromatic N) is 1. The first kappa shape index (κ1) is 38.6. The Hall–Kier alpha value is -2.86. The van der Waals surface area contributed by atoms with Crippen molar-refractivity contribution in [1.82, 2.24) is 26.2 Å². The van der Waals surface area contributed by atoms with Crippen LogP contribution in [0.2, 0.25) is 0 Å². The molecule has 0 spiro atoms. The molecule has 0 aromatic heterocycles. The molecule has 0 radical (unpaired) electrons. The van der Waals surface area contributed by atoms with Gasteiger partial charge in [0.25, 0.3) is 5.91 Å². The van der Waals surface area contributed by atoms with Gasteiger partial charge >= 0.3 is 6.09 Å². The first-order valence-electron chi connectivity index (χ1n) is 16.5. The summed E-state index contributed by atoms with van der Waals surface area (Å²) in [5.74, 6) is -4.39. The van der Waals surface area contributed by atoms with Gasteiger partial charge in [0.15, 0.2) is 0 Å². The number of Topliss-reactive ketones (excluding diaryl/α,β-unsaturated/α-hetero) is 1. The number of amides is 5. The van der Waals surface area contributed by atoms with E-state index in [1.165, 1.54) is 4.90 Å². The van der Waals surface area contributed by atoms with Gasteiger partial charge in [-0.05, 0) is 73.1 Å². The zero-order valence-electron chi connectivity index (χ0n) is 28.4. The number of piperidine rings is 1. The summed E-state index contributed by atoms with van der Waals surface area (Å²) in [6, 6.07) is -3.29. The predicted octanol–water partition coefficient (Wildman–Crippen LogP) is 3.53. The molecule has 3 aliphatic rings. The minimum Gasteiger partial charge on any atom is -0.444 e. The summed E-state index contributed by atoms with van der Waals surface area (Å²) in [7, 11) is 0. The maximum atomic E-state index is 14.2. The minimum absolute atomic E-state index is 0.0325. The van der Waals surface area contributed by atoms with Crippen molar-refractivity contribution < 1.29 is 33.5 Å². The molecule has 2 unspecified atom stereocenters. The second-order valence-corrected chi connectivity index (χ2v) is 16.3. The summed E-state index contributed by atoms with van der Waals surface area (Å²) < 4.78 is 4.22. The second-order valence-electron chi connectivity index (χ2n) is 14.9. The molecular formula is C33H51Cl2N5O7. The van der Waals surface area contributed by atoms with Gasteiger partial charge in [-0.15, -0.1) is 29.8 Å². The van der Waals surface area contributed by atoms with Gasteiger partial charge in [-0.1, -0.05) is 25.3 Å². The molecule has 12 nitrogen and oxygen atoms in total. The lowest BCUT2D eigenvalue weighted by molar-refractivity contribution is -0.144. The molecule has 1 saturated heterocycles. The standard InChI is InChI=1S/C33H51Cl2N5O7/c1-8-9-15-21(26(42)28(44)36-17-16-22(41)39-31(2,3)4)37-27(43)25-23-20(33(23,34)35)18-40(25)29(45)24(19-13-11-10-12-14-19)38-30(46)47-32(5,6)7/h8,19-21,23-25H,1,9-18H2,2-7H3,(H,36,44)(H,37,43)(H,38,46)(H,39,41)/t20?,21?,23-,24-,25-/m0/s1. The number of carbonyl (C=O) groups excluding carboxylic acids is 6. The van der Waals surface area contributed by atoms with Crippen LogP contribution in [0.15, 0.2) is 12.7 Å². The normalized spacial score (nSPS) is 23.4. The third-order valence-corrected chi connectivity index (χ3v) is 9.68. The fourth-order valence-electron chi connectivity index (χ4n) is 6.42. The summed E-state index contributed by atoms with van der Waals surface area (Å²) in [5.41, 5.74) is -1.23. The maximum Gasteiger partial charge on any atom is 0.408 e. The van der Waals surface area contributed by atoms with Crippen LogP contribution in [0.1, 0.15) is 92.9 Å². The lowest BCUT2D eigenvalue weighted by Crippen LogP contribution is -2.60. The number of fused-ring (bicyclic) bond motifs is 1. The first-order valence-corrected chi connectivity index (χ1v) is 17.2. The number of rotatable bonds is 13. The summed E-state index contributed by atoms with van der Waals surface area (Å²) in [4.78, 5) is 80.5. The fourth-order valence-corrected chi connectivity index (χ4v) is 7.25. The van der Waals surface area contributed by atoms with Gasteiger partial charge in [0.2, 0.25) is 23.5 Å². The minimum atomic E-state index is -1.25. The van der Waals surface area contributed by atoms with Crippen LogP contribution in [0.25, 0.3) is 0 Å². The van der Waals surface area contributed by atoms with Crippen molar-refractivity contribution >= 4 is 58.7 Å². The van der Waals surface area contributed by atoms with Gasteiger partial charge in [0.05, 0.1) is 6.04 Å². The number of allylic oxidation sites excluding steroid dienone is 1. The Morgan fingerprint density at radius 2 is 1.64 bits per heavy atom. The van der Waals surface area contributed by atoms with Gasteiger partial charge in [-0.3, -0.25) is 24.0 Å². The monoisotopic (exact) mass is 699 g/mol. The summed E-state index contributed by atoms with van der Waals surface area (Å²) in [5, 5.41) is 10.7. The average molecular weight is 701 g/mol. The number of carbonyl (C=O) groups is 6. The highest BCUT2D eigenvalue weighted by molar-refractivity contribution is 6.51. The van der Waals surface area contributed by atoms with E-state index in [1.54, 1.807) is 26.8 Å². The van der Waals surface area contributed by atoms with E-state index in [9.17, 15) is 28.8 Å². The Morgan fingerprint density at radius 3 is 2.21 bits per heavy atom. The van der Waals surface area contributed by atoms with Crippen molar-refractivity contribution in [1.29, 1.82) is 0 Å². The Labute approximate surface area is 287 Å². The van der Waals surface area contributed by atoms with Crippen molar-refractivity contribution in [2.24, 2.45) is 17.8 Å². The SMILES string of the molecule is C=CCCC(NC(=O)[C@@H]1[C@@H]2C(CN1C(=O)[C@@H](NC(=O)OC(C)(C)C)C1CCCCC1)C2(Cl)Cl)C(=O)C(=O)NCCC(=O)NC(C)(C)C. The molecule has 264 valence electrons. The highest BCUT2D eigenvalue weighted by atomic mass is 35.5. The predicted molar refractivity (Wildman–Crippen MR) is 179 cm³/mol. The molecule has 2 saturated carbocycles. The number of hydrogen-bond donors (Lipinski definition) is 4. The molecule has 0 bridgehead atoms. The van der Waals surface area contributed by atoms with E-state index >= 15 is 0 Å². The Kier molecular flexibility index (Phi) is 12.8. The molecule has 1 aliphatic heterocycles. The van der Waals surface area contributed by atoms with Crippen LogP contribution in [0, 0.1) is 17.8 Å². The zero-order valence-corrected chi connectivity index (χ0v) is 29.9. The van der Waals surface area contributed by atoms with Gasteiger partial charge < -0.3 is 30.9 Å². The van der Waals surface area contributed by atoms with Gasteiger partial charge in [-0.25, -0.2) is 4.79 Å². The molecule has 1 heterocycles. The van der Waals surface area contributed by atoms with E-state index in [2.05, 4.69) is 27.8 Å². The third-order valence-electron chi connectivity index (χ3n) is 8.61. The number of halogens is 2. The Morgan fingerprint density at radius 1 is 1.00 bits per heavy atom. The van der Waals surface area contributed by atoms with E-state index in [1.807, 2.05) is 20.8 Å². The molecule has 47 heavy (non-hydrogen) atoms. The van der Waals surface area contributed by atoms with Crippen LogP contribution < -0.4 is 21.3 Å². The second kappa shape index (κ2) is 15.6. The molecule has 3 rings (SSSR count). The van der Waals surface area contributed by atoms with Crippen LogP contribution in [0.3, 0.4) is 0 Å². The summed E-state index contributed by atoms with van der Waals surface area (Å²) >= 11 is 13.1. The van der Waals surface area contributed by atoms with Crippen LogP contribution in [-0.2, 0) is 28.7 Å². The van der Waals surface area contributed by atoms with Crippen molar-refractivity contribution in [2.75, 3.05) is 13.1 Å². The molecule has 5 atom stereocenters. The molecule has 3 fully saturated rings. The van der Waals surface area contributed by atoms with Crippen LogP contribution in [-0.4, -0.2) is 87.1 Å².